The maximum Gasteiger partial charge on any atom is 0.0804 e. The van der Waals surface area contributed by atoms with E-state index in [4.69, 9.17) is 28.7 Å². The largest absolute Gasteiger partial charge is 0.388 e. The molecule has 86 valence electrons. The Kier molecular flexibility index (Phi) is 5.43. The highest BCUT2D eigenvalue weighted by Crippen LogP contribution is 2.28. The molecule has 1 N–H and O–H groups in total. The summed E-state index contributed by atoms with van der Waals surface area (Å²) in [6, 6.07) is 4.97. The molecule has 0 saturated carbocycles. The van der Waals surface area contributed by atoms with Crippen molar-refractivity contribution in [3.63, 3.8) is 0 Å². The van der Waals surface area contributed by atoms with Crippen molar-refractivity contribution in [2.45, 2.75) is 18.9 Å². The summed E-state index contributed by atoms with van der Waals surface area (Å²) in [6.45, 7) is 0.374. The maximum absolute atomic E-state index is 9.83. The number of benzene rings is 1. The first-order valence-electron chi connectivity index (χ1n) is 4.79. The van der Waals surface area contributed by atoms with Gasteiger partial charge in [0.15, 0.2) is 0 Å². The second kappa shape index (κ2) is 6.61. The molecule has 16 heavy (non-hydrogen) atoms. The Morgan fingerprint density at radius 1 is 1.44 bits per heavy atom. The molecule has 0 amide bonds. The fraction of sp³-hybridized carbons (Fsp3) is 0.400. The van der Waals surface area contributed by atoms with E-state index in [2.05, 4.69) is 10.0 Å². The van der Waals surface area contributed by atoms with Gasteiger partial charge in [-0.25, -0.2) is 0 Å². The average Bonchev–Trinajstić information content (AvgIpc) is 2.24. The van der Waals surface area contributed by atoms with Crippen molar-refractivity contribution in [2.75, 3.05) is 6.54 Å². The van der Waals surface area contributed by atoms with Gasteiger partial charge in [-0.05, 0) is 36.1 Å². The van der Waals surface area contributed by atoms with E-state index >= 15 is 0 Å². The molecule has 0 fully saturated rings. The third-order valence-electron chi connectivity index (χ3n) is 2.12. The number of azide groups is 1. The van der Waals surface area contributed by atoms with Crippen LogP contribution in [0, 0.1) is 0 Å². The summed E-state index contributed by atoms with van der Waals surface area (Å²) in [7, 11) is 0. The molecular weight excluding hydrogens is 249 g/mol. The highest BCUT2D eigenvalue weighted by molar-refractivity contribution is 6.35. The Balaban J connectivity index is 2.58. The zero-order valence-electron chi connectivity index (χ0n) is 8.48. The van der Waals surface area contributed by atoms with E-state index in [9.17, 15) is 5.11 Å². The summed E-state index contributed by atoms with van der Waals surface area (Å²) < 4.78 is 0. The van der Waals surface area contributed by atoms with Crippen LogP contribution in [0.4, 0.5) is 0 Å². The van der Waals surface area contributed by atoms with Crippen molar-refractivity contribution in [3.8, 4) is 0 Å². The fourth-order valence-corrected chi connectivity index (χ4v) is 1.86. The number of hydrogen-bond donors (Lipinski definition) is 1. The number of nitrogens with zero attached hydrogens (tertiary/aromatic N) is 3. The van der Waals surface area contributed by atoms with Gasteiger partial charge in [0.25, 0.3) is 0 Å². The average molecular weight is 260 g/mol. The minimum Gasteiger partial charge on any atom is -0.388 e. The smallest absolute Gasteiger partial charge is 0.0804 e. The van der Waals surface area contributed by atoms with Gasteiger partial charge < -0.3 is 5.11 Å². The van der Waals surface area contributed by atoms with Crippen LogP contribution in [0.15, 0.2) is 23.3 Å². The van der Waals surface area contributed by atoms with E-state index in [0.717, 1.165) is 0 Å². The number of rotatable bonds is 5. The van der Waals surface area contributed by atoms with Crippen molar-refractivity contribution in [1.29, 1.82) is 0 Å². The first-order valence-corrected chi connectivity index (χ1v) is 5.54. The lowest BCUT2D eigenvalue weighted by atomic mass is 10.1. The van der Waals surface area contributed by atoms with Crippen molar-refractivity contribution in [1.82, 2.24) is 0 Å². The second-order valence-electron chi connectivity index (χ2n) is 3.28. The van der Waals surface area contributed by atoms with E-state index in [1.54, 1.807) is 18.2 Å². The Labute approximate surface area is 103 Å². The Bertz CT molecular complexity index is 405. The molecule has 1 aromatic carbocycles. The van der Waals surface area contributed by atoms with Gasteiger partial charge in [0, 0.05) is 21.5 Å². The van der Waals surface area contributed by atoms with Crippen molar-refractivity contribution < 1.29 is 5.11 Å². The van der Waals surface area contributed by atoms with Gasteiger partial charge in [0.2, 0.25) is 0 Å². The third kappa shape index (κ3) is 3.91. The molecule has 0 spiro atoms. The monoisotopic (exact) mass is 259 g/mol. The minimum absolute atomic E-state index is 0.374. The highest BCUT2D eigenvalue weighted by Gasteiger charge is 2.11. The highest BCUT2D eigenvalue weighted by atomic mass is 35.5. The number of hydrogen-bond acceptors (Lipinski definition) is 2. The number of aliphatic hydroxyl groups is 1. The zero-order chi connectivity index (χ0) is 12.0. The Morgan fingerprint density at radius 3 is 2.81 bits per heavy atom. The van der Waals surface area contributed by atoms with E-state index in [1.165, 1.54) is 0 Å². The van der Waals surface area contributed by atoms with Gasteiger partial charge in [0.1, 0.15) is 0 Å². The predicted octanol–water partition coefficient (Wildman–Crippen LogP) is 4.12. The van der Waals surface area contributed by atoms with Crippen molar-refractivity contribution in [2.24, 2.45) is 5.11 Å². The van der Waals surface area contributed by atoms with Crippen molar-refractivity contribution in [3.05, 3.63) is 44.3 Å². The second-order valence-corrected chi connectivity index (χ2v) is 4.12. The van der Waals surface area contributed by atoms with Gasteiger partial charge in [-0.2, -0.15) is 0 Å². The van der Waals surface area contributed by atoms with Gasteiger partial charge in [-0.1, -0.05) is 34.4 Å². The topological polar surface area (TPSA) is 69.0 Å². The van der Waals surface area contributed by atoms with Crippen LogP contribution in [-0.2, 0) is 0 Å². The lowest BCUT2D eigenvalue weighted by molar-refractivity contribution is 0.165. The summed E-state index contributed by atoms with van der Waals surface area (Å²) in [5, 5.41) is 14.2. The summed E-state index contributed by atoms with van der Waals surface area (Å²) in [5.74, 6) is 0. The molecule has 0 aliphatic carbocycles. The van der Waals surface area contributed by atoms with Crippen molar-refractivity contribution >= 4 is 23.2 Å². The minimum atomic E-state index is -0.654. The van der Waals surface area contributed by atoms with Crippen LogP contribution < -0.4 is 0 Å². The molecule has 6 heteroatoms. The number of halogens is 2. The normalized spacial score (nSPS) is 11.9. The standard InChI is InChI=1S/C10H11Cl2N3O/c11-7-3-4-8(9(12)6-7)10(16)2-1-5-14-15-13/h3-4,6,10,16H,1-2,5H2. The lowest BCUT2D eigenvalue weighted by Gasteiger charge is -2.12. The Hall–Kier alpha value is -0.930. The van der Waals surface area contributed by atoms with Gasteiger partial charge in [-0.15, -0.1) is 0 Å². The summed E-state index contributed by atoms with van der Waals surface area (Å²) in [6.07, 6.45) is 0.462. The molecule has 0 aliphatic heterocycles. The van der Waals surface area contributed by atoms with E-state index in [1.807, 2.05) is 0 Å². The molecule has 1 aromatic rings. The molecule has 1 atom stereocenters. The van der Waals surface area contributed by atoms with E-state index in [-0.39, 0.29) is 0 Å². The molecule has 1 rings (SSSR count). The summed E-state index contributed by atoms with van der Waals surface area (Å²) in [5.41, 5.74) is 8.73. The molecule has 0 heterocycles. The van der Waals surface area contributed by atoms with Gasteiger partial charge in [0.05, 0.1) is 6.10 Å². The van der Waals surface area contributed by atoms with Crippen LogP contribution in [0.2, 0.25) is 10.0 Å². The van der Waals surface area contributed by atoms with E-state index < -0.39 is 6.10 Å². The van der Waals surface area contributed by atoms with Gasteiger partial charge >= 0.3 is 0 Å². The molecule has 4 nitrogen and oxygen atoms in total. The van der Waals surface area contributed by atoms with Gasteiger partial charge in [-0.3, -0.25) is 0 Å². The fourth-order valence-electron chi connectivity index (χ4n) is 1.33. The number of aliphatic hydroxyl groups excluding tert-OH is 1. The third-order valence-corrected chi connectivity index (χ3v) is 2.68. The molecule has 0 saturated heterocycles. The van der Waals surface area contributed by atoms with Crippen LogP contribution in [0.1, 0.15) is 24.5 Å². The Morgan fingerprint density at radius 2 is 2.19 bits per heavy atom. The summed E-state index contributed by atoms with van der Waals surface area (Å²) >= 11 is 11.7. The van der Waals surface area contributed by atoms with Crippen LogP contribution in [0.25, 0.3) is 10.4 Å². The van der Waals surface area contributed by atoms with Crippen LogP contribution in [-0.4, -0.2) is 11.7 Å². The molecule has 0 radical (unpaired) electrons. The molecule has 0 aromatic heterocycles. The first kappa shape index (κ1) is 13.1. The quantitative estimate of drug-likeness (QED) is 0.368. The predicted molar refractivity (Wildman–Crippen MR) is 64.7 cm³/mol. The summed E-state index contributed by atoms with van der Waals surface area (Å²) in [4.78, 5) is 2.63. The molecular formula is C10H11Cl2N3O. The molecule has 0 aliphatic rings. The lowest BCUT2D eigenvalue weighted by Crippen LogP contribution is -1.99. The molecule has 0 bridgehead atoms. The SMILES string of the molecule is [N-]=[N+]=NCCCC(O)c1ccc(Cl)cc1Cl. The maximum atomic E-state index is 9.83. The van der Waals surface area contributed by atoms with Crippen LogP contribution in [0.5, 0.6) is 0 Å². The van der Waals surface area contributed by atoms with Crippen LogP contribution >= 0.6 is 23.2 Å². The molecule has 1 unspecified atom stereocenters. The van der Waals surface area contributed by atoms with E-state index in [0.29, 0.717) is 35.0 Å². The zero-order valence-corrected chi connectivity index (χ0v) is 9.99. The first-order chi connectivity index (χ1) is 7.65. The van der Waals surface area contributed by atoms with Crippen LogP contribution in [0.3, 0.4) is 0 Å².